The number of hydrogen-bond donors (Lipinski definition) is 2. The average molecular weight is 549 g/mol. The predicted octanol–water partition coefficient (Wildman–Crippen LogP) is 7.39. The van der Waals surface area contributed by atoms with Crippen molar-refractivity contribution in [1.82, 2.24) is 19.9 Å². The van der Waals surface area contributed by atoms with E-state index in [-0.39, 0.29) is 11.4 Å². The second-order valence-electron chi connectivity index (χ2n) is 10.4. The highest BCUT2D eigenvalue weighted by Gasteiger charge is 2.18. The average Bonchev–Trinajstić information content (AvgIpc) is 2.98. The van der Waals surface area contributed by atoms with Gasteiger partial charge in [-0.15, -0.1) is 0 Å². The number of hydrogen-bond acceptors (Lipinski definition) is 7. The van der Waals surface area contributed by atoms with Crippen LogP contribution in [0.5, 0.6) is 17.4 Å². The molecule has 9 nitrogen and oxygen atoms in total. The lowest BCUT2D eigenvalue weighted by atomic mass is 9.87. The standard InChI is InChI=1S/C32H32N6O3/c1-6-28-34-19-35-29(38-28)23-12-9-17-33-30(23)41-26-16-14-24(21-10-7-8-11-22(21)26)36-31(39)37-25-18-20(32(2,3)4)13-15-27(25)40-5/h7-19H,6H2,1-5H3,(H2,36,37,39). The molecule has 2 aromatic heterocycles. The number of pyridine rings is 1. The Morgan fingerprint density at radius 2 is 1.61 bits per heavy atom. The minimum Gasteiger partial charge on any atom is -0.495 e. The quantitative estimate of drug-likeness (QED) is 0.218. The minimum atomic E-state index is -0.387. The fraction of sp³-hybridized carbons (Fsp3) is 0.219. The van der Waals surface area contributed by atoms with Gasteiger partial charge in [-0.3, -0.25) is 0 Å². The van der Waals surface area contributed by atoms with Crippen LogP contribution in [0.2, 0.25) is 0 Å². The van der Waals surface area contributed by atoms with E-state index in [0.29, 0.717) is 52.4 Å². The first-order valence-electron chi connectivity index (χ1n) is 13.4. The summed E-state index contributed by atoms with van der Waals surface area (Å²) in [6.45, 7) is 8.35. The van der Waals surface area contributed by atoms with Gasteiger partial charge in [-0.1, -0.05) is 58.0 Å². The minimum absolute atomic E-state index is 0.0828. The lowest BCUT2D eigenvalue weighted by Gasteiger charge is -2.21. The van der Waals surface area contributed by atoms with Crippen molar-refractivity contribution in [2.24, 2.45) is 0 Å². The highest BCUT2D eigenvalue weighted by atomic mass is 16.5. The highest BCUT2D eigenvalue weighted by Crippen LogP contribution is 2.37. The van der Waals surface area contributed by atoms with E-state index in [1.165, 1.54) is 6.33 Å². The van der Waals surface area contributed by atoms with Gasteiger partial charge in [0.2, 0.25) is 5.88 Å². The lowest BCUT2D eigenvalue weighted by Crippen LogP contribution is -2.21. The maximum absolute atomic E-state index is 13.1. The Kier molecular flexibility index (Phi) is 7.78. The van der Waals surface area contributed by atoms with Crippen molar-refractivity contribution < 1.29 is 14.3 Å². The summed E-state index contributed by atoms with van der Waals surface area (Å²) in [5.74, 6) is 2.71. The molecule has 0 aliphatic heterocycles. The molecule has 0 bridgehead atoms. The molecule has 0 saturated carbocycles. The van der Waals surface area contributed by atoms with Gasteiger partial charge in [0, 0.05) is 23.4 Å². The number of aryl methyl sites for hydroxylation is 1. The smallest absolute Gasteiger partial charge is 0.323 e. The van der Waals surface area contributed by atoms with Crippen molar-refractivity contribution in [3.05, 3.63) is 90.6 Å². The molecule has 0 radical (unpaired) electrons. The maximum atomic E-state index is 13.1. The number of aromatic nitrogens is 4. The number of nitrogens with zero attached hydrogens (tertiary/aromatic N) is 4. The highest BCUT2D eigenvalue weighted by molar-refractivity contribution is 6.08. The molecule has 0 unspecified atom stereocenters. The van der Waals surface area contributed by atoms with Gasteiger partial charge < -0.3 is 20.1 Å². The Morgan fingerprint density at radius 1 is 0.854 bits per heavy atom. The molecule has 2 heterocycles. The summed E-state index contributed by atoms with van der Waals surface area (Å²) in [7, 11) is 1.58. The molecular weight excluding hydrogens is 516 g/mol. The molecule has 208 valence electrons. The Bertz CT molecular complexity index is 1710. The fourth-order valence-corrected chi connectivity index (χ4v) is 4.39. The van der Waals surface area contributed by atoms with E-state index < -0.39 is 0 Å². The number of benzene rings is 3. The summed E-state index contributed by atoms with van der Waals surface area (Å²) in [6, 6.07) is 20.4. The van der Waals surface area contributed by atoms with Crippen LogP contribution in [0.3, 0.4) is 0 Å². The molecule has 0 fully saturated rings. The molecular formula is C32H32N6O3. The topological polar surface area (TPSA) is 111 Å². The van der Waals surface area contributed by atoms with Crippen LogP contribution in [0.4, 0.5) is 16.2 Å². The monoisotopic (exact) mass is 548 g/mol. The van der Waals surface area contributed by atoms with E-state index in [1.54, 1.807) is 19.4 Å². The largest absolute Gasteiger partial charge is 0.495 e. The molecule has 0 spiro atoms. The van der Waals surface area contributed by atoms with Gasteiger partial charge >= 0.3 is 6.03 Å². The second-order valence-corrected chi connectivity index (χ2v) is 10.4. The molecule has 0 saturated heterocycles. The predicted molar refractivity (Wildman–Crippen MR) is 161 cm³/mol. The number of nitrogens with one attached hydrogen (secondary N) is 2. The van der Waals surface area contributed by atoms with E-state index in [0.717, 1.165) is 16.3 Å². The van der Waals surface area contributed by atoms with E-state index in [2.05, 4.69) is 51.3 Å². The van der Waals surface area contributed by atoms with Crippen LogP contribution in [0.15, 0.2) is 79.3 Å². The zero-order chi connectivity index (χ0) is 29.0. The van der Waals surface area contributed by atoms with Crippen LogP contribution in [0.25, 0.3) is 22.2 Å². The van der Waals surface area contributed by atoms with E-state index in [9.17, 15) is 4.79 Å². The molecule has 0 aliphatic carbocycles. The van der Waals surface area contributed by atoms with Crippen LogP contribution in [-0.2, 0) is 11.8 Å². The zero-order valence-corrected chi connectivity index (χ0v) is 23.7. The Morgan fingerprint density at radius 3 is 2.37 bits per heavy atom. The third-order valence-electron chi connectivity index (χ3n) is 6.60. The number of anilines is 2. The van der Waals surface area contributed by atoms with Gasteiger partial charge in [0.1, 0.15) is 23.7 Å². The van der Waals surface area contributed by atoms with E-state index >= 15 is 0 Å². The third kappa shape index (κ3) is 6.09. The first-order valence-corrected chi connectivity index (χ1v) is 13.4. The van der Waals surface area contributed by atoms with Gasteiger partial charge in [0.05, 0.1) is 24.0 Å². The number of carbonyl (C=O) groups is 1. The summed E-state index contributed by atoms with van der Waals surface area (Å²) < 4.78 is 11.8. The number of amides is 2. The Balaban J connectivity index is 1.43. The molecule has 5 rings (SSSR count). The summed E-state index contributed by atoms with van der Waals surface area (Å²) in [4.78, 5) is 30.7. The fourth-order valence-electron chi connectivity index (χ4n) is 4.39. The van der Waals surface area contributed by atoms with Crippen molar-refractivity contribution in [1.29, 1.82) is 0 Å². The second kappa shape index (κ2) is 11.6. The first kappa shape index (κ1) is 27.5. The molecule has 5 aromatic rings. The van der Waals surface area contributed by atoms with Crippen molar-refractivity contribution in [3.8, 4) is 28.8 Å². The van der Waals surface area contributed by atoms with Crippen LogP contribution in [0.1, 0.15) is 39.1 Å². The normalized spacial score (nSPS) is 11.2. The number of carbonyl (C=O) groups excluding carboxylic acids is 1. The molecule has 9 heteroatoms. The zero-order valence-electron chi connectivity index (χ0n) is 23.7. The summed E-state index contributed by atoms with van der Waals surface area (Å²) in [5.41, 5.74) is 2.87. The van der Waals surface area contributed by atoms with E-state index in [4.69, 9.17) is 9.47 Å². The molecule has 0 atom stereocenters. The first-order chi connectivity index (χ1) is 19.8. The van der Waals surface area contributed by atoms with Crippen LogP contribution in [0, 0.1) is 0 Å². The number of ether oxygens (including phenoxy) is 2. The number of fused-ring (bicyclic) bond motifs is 1. The van der Waals surface area contributed by atoms with Crippen molar-refractivity contribution in [2.45, 2.75) is 39.5 Å². The lowest BCUT2D eigenvalue weighted by molar-refractivity contribution is 0.262. The Labute approximate surface area is 239 Å². The van der Waals surface area contributed by atoms with Gasteiger partial charge in [-0.2, -0.15) is 0 Å². The summed E-state index contributed by atoms with van der Waals surface area (Å²) in [6.07, 6.45) is 3.84. The molecule has 2 N–H and O–H groups in total. The summed E-state index contributed by atoms with van der Waals surface area (Å²) >= 11 is 0. The molecule has 0 aliphatic rings. The summed E-state index contributed by atoms with van der Waals surface area (Å²) in [5, 5.41) is 7.53. The maximum Gasteiger partial charge on any atom is 0.323 e. The van der Waals surface area contributed by atoms with Crippen LogP contribution >= 0.6 is 0 Å². The molecule has 41 heavy (non-hydrogen) atoms. The number of methoxy groups -OCH3 is 1. The van der Waals surface area contributed by atoms with Gasteiger partial charge in [-0.05, 0) is 47.4 Å². The molecule has 3 aromatic carbocycles. The van der Waals surface area contributed by atoms with Crippen LogP contribution < -0.4 is 20.1 Å². The van der Waals surface area contributed by atoms with Gasteiger partial charge in [-0.25, -0.2) is 24.7 Å². The molecule has 2 amide bonds. The van der Waals surface area contributed by atoms with Crippen molar-refractivity contribution >= 4 is 28.2 Å². The van der Waals surface area contributed by atoms with Crippen LogP contribution in [-0.4, -0.2) is 33.1 Å². The SMILES string of the molecule is CCc1ncnc(-c2cccnc2Oc2ccc(NC(=O)Nc3cc(C(C)(C)C)ccc3OC)c3ccccc23)n1. The van der Waals surface area contributed by atoms with Crippen molar-refractivity contribution in [3.63, 3.8) is 0 Å². The number of rotatable bonds is 7. The van der Waals surface area contributed by atoms with Crippen molar-refractivity contribution in [2.75, 3.05) is 17.7 Å². The Hall–Kier alpha value is -5.05. The number of urea groups is 1. The van der Waals surface area contributed by atoms with Gasteiger partial charge in [0.25, 0.3) is 0 Å². The van der Waals surface area contributed by atoms with Gasteiger partial charge in [0.15, 0.2) is 5.82 Å². The third-order valence-corrected chi connectivity index (χ3v) is 6.60. The van der Waals surface area contributed by atoms with E-state index in [1.807, 2.05) is 67.6 Å².